The minimum Gasteiger partial charge on any atom is -0.394 e. The zero-order chi connectivity index (χ0) is 12.4. The molecule has 0 aliphatic heterocycles. The van der Waals surface area contributed by atoms with E-state index in [1.807, 2.05) is 20.8 Å². The minimum atomic E-state index is -0.542. The lowest BCUT2D eigenvalue weighted by atomic mass is 10.0. The molecule has 3 heteroatoms. The smallest absolute Gasteiger partial charge is 0.0793 e. The SMILES string of the molecule is CC(C)[C@H](O)CO.CC[C@H](O)CC(C)C. The molecule has 0 unspecified atom stereocenters. The number of aliphatic hydroxyl groups is 3. The molecule has 3 nitrogen and oxygen atoms in total. The molecule has 94 valence electrons. The van der Waals surface area contributed by atoms with Gasteiger partial charge in [0.2, 0.25) is 0 Å². The Kier molecular flexibility index (Phi) is 12.0. The second-order valence-electron chi connectivity index (χ2n) is 4.69. The van der Waals surface area contributed by atoms with Crippen molar-refractivity contribution >= 4 is 0 Å². The summed E-state index contributed by atoms with van der Waals surface area (Å²) in [6.45, 7) is 9.85. The van der Waals surface area contributed by atoms with Crippen molar-refractivity contribution in [3.63, 3.8) is 0 Å². The lowest BCUT2D eigenvalue weighted by molar-refractivity contribution is 0.0597. The number of rotatable bonds is 5. The molecule has 0 aliphatic carbocycles. The van der Waals surface area contributed by atoms with Crippen LogP contribution in [0.25, 0.3) is 0 Å². The Labute approximate surface area is 94.1 Å². The molecule has 0 aromatic rings. The van der Waals surface area contributed by atoms with Crippen LogP contribution in [0.15, 0.2) is 0 Å². The Morgan fingerprint density at radius 3 is 1.53 bits per heavy atom. The second-order valence-corrected chi connectivity index (χ2v) is 4.69. The van der Waals surface area contributed by atoms with Gasteiger partial charge in [0.1, 0.15) is 0 Å². The van der Waals surface area contributed by atoms with Crippen LogP contribution in [0, 0.1) is 11.8 Å². The third-order valence-corrected chi connectivity index (χ3v) is 2.17. The predicted octanol–water partition coefficient (Wildman–Crippen LogP) is 1.80. The molecule has 2 atom stereocenters. The highest BCUT2D eigenvalue weighted by molar-refractivity contribution is 4.55. The van der Waals surface area contributed by atoms with Crippen molar-refractivity contribution < 1.29 is 15.3 Å². The maximum atomic E-state index is 9.03. The Hall–Kier alpha value is -0.120. The number of aliphatic hydroxyl groups excluding tert-OH is 3. The fraction of sp³-hybridized carbons (Fsp3) is 1.00. The van der Waals surface area contributed by atoms with Gasteiger partial charge in [-0.05, 0) is 24.7 Å². The summed E-state index contributed by atoms with van der Waals surface area (Å²) >= 11 is 0. The number of hydrogen-bond acceptors (Lipinski definition) is 3. The average Bonchev–Trinajstić information content (AvgIpc) is 2.16. The van der Waals surface area contributed by atoms with Crippen molar-refractivity contribution in [2.24, 2.45) is 11.8 Å². The zero-order valence-corrected chi connectivity index (χ0v) is 10.8. The quantitative estimate of drug-likeness (QED) is 0.662. The third-order valence-electron chi connectivity index (χ3n) is 2.17. The van der Waals surface area contributed by atoms with Gasteiger partial charge in [0, 0.05) is 0 Å². The van der Waals surface area contributed by atoms with Crippen LogP contribution >= 0.6 is 0 Å². The molecule has 3 N–H and O–H groups in total. The summed E-state index contributed by atoms with van der Waals surface area (Å²) in [5.41, 5.74) is 0. The molecular formula is C12H28O3. The van der Waals surface area contributed by atoms with Gasteiger partial charge in [-0.1, -0.05) is 34.6 Å². The Morgan fingerprint density at radius 1 is 1.00 bits per heavy atom. The fourth-order valence-electron chi connectivity index (χ4n) is 0.922. The lowest BCUT2D eigenvalue weighted by Gasteiger charge is -2.08. The predicted molar refractivity (Wildman–Crippen MR) is 63.7 cm³/mol. The van der Waals surface area contributed by atoms with Crippen LogP contribution in [0.4, 0.5) is 0 Å². The first-order chi connectivity index (χ1) is 6.84. The highest BCUT2D eigenvalue weighted by Gasteiger charge is 2.04. The van der Waals surface area contributed by atoms with E-state index >= 15 is 0 Å². The molecule has 0 spiro atoms. The normalized spacial score (nSPS) is 14.8. The van der Waals surface area contributed by atoms with E-state index < -0.39 is 6.10 Å². The van der Waals surface area contributed by atoms with Crippen molar-refractivity contribution in [2.45, 2.75) is 59.7 Å². The van der Waals surface area contributed by atoms with Gasteiger partial charge in [0.05, 0.1) is 18.8 Å². The molecule has 15 heavy (non-hydrogen) atoms. The van der Waals surface area contributed by atoms with Crippen molar-refractivity contribution in [2.75, 3.05) is 6.61 Å². The van der Waals surface area contributed by atoms with Gasteiger partial charge in [-0.2, -0.15) is 0 Å². The first kappa shape index (κ1) is 17.3. The van der Waals surface area contributed by atoms with Crippen molar-refractivity contribution in [1.29, 1.82) is 0 Å². The molecular weight excluding hydrogens is 192 g/mol. The summed E-state index contributed by atoms with van der Waals surface area (Å²) in [6, 6.07) is 0. The monoisotopic (exact) mass is 220 g/mol. The molecule has 0 rings (SSSR count). The maximum absolute atomic E-state index is 9.03. The summed E-state index contributed by atoms with van der Waals surface area (Å²) in [5.74, 6) is 0.801. The third kappa shape index (κ3) is 13.9. The first-order valence-corrected chi connectivity index (χ1v) is 5.82. The van der Waals surface area contributed by atoms with Gasteiger partial charge in [0.15, 0.2) is 0 Å². The topological polar surface area (TPSA) is 60.7 Å². The van der Waals surface area contributed by atoms with Crippen molar-refractivity contribution in [1.82, 2.24) is 0 Å². The van der Waals surface area contributed by atoms with E-state index in [9.17, 15) is 0 Å². The summed E-state index contributed by atoms with van der Waals surface area (Å²) < 4.78 is 0. The molecule has 0 aromatic carbocycles. The van der Waals surface area contributed by atoms with Crippen LogP contribution in [0.2, 0.25) is 0 Å². The van der Waals surface area contributed by atoms with Gasteiger partial charge in [-0.15, -0.1) is 0 Å². The molecule has 0 saturated carbocycles. The van der Waals surface area contributed by atoms with Gasteiger partial charge < -0.3 is 15.3 Å². The Morgan fingerprint density at radius 2 is 1.47 bits per heavy atom. The summed E-state index contributed by atoms with van der Waals surface area (Å²) in [6.07, 6.45) is 1.21. The first-order valence-electron chi connectivity index (χ1n) is 5.82. The highest BCUT2D eigenvalue weighted by Crippen LogP contribution is 2.05. The zero-order valence-electron chi connectivity index (χ0n) is 10.8. The van der Waals surface area contributed by atoms with Gasteiger partial charge in [-0.25, -0.2) is 0 Å². The summed E-state index contributed by atoms with van der Waals surface area (Å²) in [7, 11) is 0. The maximum Gasteiger partial charge on any atom is 0.0793 e. The van der Waals surface area contributed by atoms with E-state index in [0.29, 0.717) is 5.92 Å². The van der Waals surface area contributed by atoms with Crippen LogP contribution in [0.5, 0.6) is 0 Å². The van der Waals surface area contributed by atoms with E-state index in [0.717, 1.165) is 12.8 Å². The lowest BCUT2D eigenvalue weighted by Crippen LogP contribution is -2.18. The molecule has 0 bridgehead atoms. The summed E-state index contributed by atoms with van der Waals surface area (Å²) in [4.78, 5) is 0. The van der Waals surface area contributed by atoms with E-state index in [2.05, 4.69) is 13.8 Å². The second kappa shape index (κ2) is 10.4. The standard InChI is InChI=1S/C7H16O.C5H12O2/c1-4-7(8)5-6(2)3;1-4(2)5(7)3-6/h6-8H,4-5H2,1-3H3;4-7H,3H2,1-2H3/t7-;5-/m01/s1. The van der Waals surface area contributed by atoms with E-state index in [1.54, 1.807) is 0 Å². The Balaban J connectivity index is 0. The van der Waals surface area contributed by atoms with E-state index in [4.69, 9.17) is 15.3 Å². The van der Waals surface area contributed by atoms with E-state index in [1.165, 1.54) is 0 Å². The number of hydrogen-bond donors (Lipinski definition) is 3. The molecule has 0 radical (unpaired) electrons. The van der Waals surface area contributed by atoms with Crippen LogP contribution in [0.1, 0.15) is 47.5 Å². The summed E-state index contributed by atoms with van der Waals surface area (Å²) in [5, 5.41) is 26.0. The molecule has 0 saturated heterocycles. The Bertz CT molecular complexity index is 124. The van der Waals surface area contributed by atoms with Gasteiger partial charge in [-0.3, -0.25) is 0 Å². The van der Waals surface area contributed by atoms with Crippen molar-refractivity contribution in [3.05, 3.63) is 0 Å². The largest absolute Gasteiger partial charge is 0.394 e. The van der Waals surface area contributed by atoms with Gasteiger partial charge >= 0.3 is 0 Å². The van der Waals surface area contributed by atoms with Crippen LogP contribution in [-0.2, 0) is 0 Å². The van der Waals surface area contributed by atoms with E-state index in [-0.39, 0.29) is 18.6 Å². The van der Waals surface area contributed by atoms with Crippen LogP contribution in [-0.4, -0.2) is 34.1 Å². The average molecular weight is 220 g/mol. The fourth-order valence-corrected chi connectivity index (χ4v) is 0.922. The van der Waals surface area contributed by atoms with Crippen molar-refractivity contribution in [3.8, 4) is 0 Å². The molecule has 0 heterocycles. The minimum absolute atomic E-state index is 0.0741. The molecule has 0 aromatic heterocycles. The molecule has 0 amide bonds. The highest BCUT2D eigenvalue weighted by atomic mass is 16.3. The molecule has 0 aliphatic rings. The van der Waals surface area contributed by atoms with Crippen LogP contribution < -0.4 is 0 Å². The van der Waals surface area contributed by atoms with Crippen LogP contribution in [0.3, 0.4) is 0 Å². The van der Waals surface area contributed by atoms with Gasteiger partial charge in [0.25, 0.3) is 0 Å². The molecule has 0 fully saturated rings.